The fraction of sp³-hybridized carbons (Fsp3) is 0.667. The number of piperazine rings is 1. The van der Waals surface area contributed by atoms with Crippen molar-refractivity contribution in [2.75, 3.05) is 57.1 Å². The lowest BCUT2D eigenvalue weighted by molar-refractivity contribution is 0.312. The Kier molecular flexibility index (Phi) is 4.24. The van der Waals surface area contributed by atoms with Gasteiger partial charge in [-0.2, -0.15) is 0 Å². The van der Waals surface area contributed by atoms with Crippen molar-refractivity contribution in [2.24, 2.45) is 0 Å². The molecule has 22 heavy (non-hydrogen) atoms. The Morgan fingerprint density at radius 1 is 1.18 bits per heavy atom. The van der Waals surface area contributed by atoms with Gasteiger partial charge in [-0.15, -0.1) is 0 Å². The largest absolute Gasteiger partial charge is 0.368 e. The zero-order valence-electron chi connectivity index (χ0n) is 13.4. The van der Waals surface area contributed by atoms with Crippen molar-refractivity contribution in [2.45, 2.75) is 18.2 Å². The van der Waals surface area contributed by atoms with Crippen LogP contribution in [-0.4, -0.2) is 66.3 Å². The van der Waals surface area contributed by atoms with E-state index in [2.05, 4.69) is 21.8 Å². The number of hydrogen-bond donors (Lipinski definition) is 0. The molecule has 1 aromatic rings. The second kappa shape index (κ2) is 5.88. The first-order chi connectivity index (χ1) is 10.5. The molecule has 0 atom stereocenters. The highest BCUT2D eigenvalue weighted by Gasteiger charge is 2.44. The lowest BCUT2D eigenvalue weighted by Crippen LogP contribution is -2.44. The summed E-state index contributed by atoms with van der Waals surface area (Å²) >= 11 is 0. The van der Waals surface area contributed by atoms with Crippen LogP contribution in [0, 0.1) is 0 Å². The first-order valence-corrected chi connectivity index (χ1v) is 9.87. The van der Waals surface area contributed by atoms with Crippen molar-refractivity contribution in [3.8, 4) is 0 Å². The summed E-state index contributed by atoms with van der Waals surface area (Å²) in [6.07, 6.45) is 4.20. The molecular formula is C15H25N3O3S. The van der Waals surface area contributed by atoms with Crippen molar-refractivity contribution in [3.63, 3.8) is 0 Å². The van der Waals surface area contributed by atoms with Crippen molar-refractivity contribution >= 4 is 15.3 Å². The minimum absolute atomic E-state index is 0.379. The topological polar surface area (TPSA) is 54.9 Å². The van der Waals surface area contributed by atoms with Crippen LogP contribution in [0.2, 0.25) is 0 Å². The number of nitrogens with zero attached hydrogens (tertiary/aromatic N) is 3. The van der Waals surface area contributed by atoms with Gasteiger partial charge in [0.2, 0.25) is 0 Å². The van der Waals surface area contributed by atoms with Gasteiger partial charge in [-0.1, -0.05) is 6.92 Å². The summed E-state index contributed by atoms with van der Waals surface area (Å²) < 4.78 is 24.9. The van der Waals surface area contributed by atoms with Crippen LogP contribution in [0.3, 0.4) is 0 Å². The molecule has 2 fully saturated rings. The molecule has 0 unspecified atom stereocenters. The van der Waals surface area contributed by atoms with E-state index in [4.69, 9.17) is 8.37 Å². The molecule has 0 aliphatic carbocycles. The van der Waals surface area contributed by atoms with E-state index in [0.717, 1.165) is 38.3 Å². The molecule has 0 N–H and O–H groups in total. The molecule has 0 radical (unpaired) electrons. The van der Waals surface area contributed by atoms with Crippen molar-refractivity contribution in [1.29, 1.82) is 0 Å². The van der Waals surface area contributed by atoms with Gasteiger partial charge in [0, 0.05) is 32.4 Å². The van der Waals surface area contributed by atoms with Crippen LogP contribution in [0.15, 0.2) is 23.4 Å². The number of aromatic nitrogens is 1. The fourth-order valence-electron chi connectivity index (χ4n) is 3.02. The smallest absolute Gasteiger partial charge is 0.115 e. The van der Waals surface area contributed by atoms with Crippen LogP contribution in [0.4, 0.5) is 5.69 Å². The summed E-state index contributed by atoms with van der Waals surface area (Å²) in [6.45, 7) is 6.68. The summed E-state index contributed by atoms with van der Waals surface area (Å²) in [4.78, 5) is 9.48. The van der Waals surface area contributed by atoms with E-state index in [0.29, 0.717) is 23.9 Å². The highest BCUT2D eigenvalue weighted by Crippen LogP contribution is 2.43. The van der Waals surface area contributed by atoms with Crippen LogP contribution >= 0.6 is 0 Å². The van der Waals surface area contributed by atoms with Gasteiger partial charge >= 0.3 is 0 Å². The normalized spacial score (nSPS) is 26.5. The molecule has 0 spiro atoms. The average molecular weight is 327 g/mol. The third-order valence-electron chi connectivity index (χ3n) is 4.31. The number of rotatable bonds is 4. The maximum atomic E-state index is 13.6. The van der Waals surface area contributed by atoms with Gasteiger partial charge in [-0.05, 0) is 19.5 Å². The van der Waals surface area contributed by atoms with E-state index in [1.807, 2.05) is 19.2 Å². The van der Waals surface area contributed by atoms with Crippen molar-refractivity contribution in [3.05, 3.63) is 18.5 Å². The minimum Gasteiger partial charge on any atom is -0.368 e. The molecule has 6 nitrogen and oxygen atoms in total. The molecule has 0 amide bonds. The Balaban J connectivity index is 1.92. The quantitative estimate of drug-likeness (QED) is 0.831. The van der Waals surface area contributed by atoms with Crippen LogP contribution in [0.5, 0.6) is 0 Å². The molecular weight excluding hydrogens is 302 g/mol. The van der Waals surface area contributed by atoms with Gasteiger partial charge in [0.1, 0.15) is 9.63 Å². The fourth-order valence-corrected chi connectivity index (χ4v) is 5.96. The Morgan fingerprint density at radius 2 is 1.86 bits per heavy atom. The molecule has 2 aliphatic rings. The van der Waals surface area contributed by atoms with E-state index in [-0.39, 0.29) is 0 Å². The van der Waals surface area contributed by atoms with Gasteiger partial charge in [0.15, 0.2) is 0 Å². The Bertz CT molecular complexity index is 589. The Morgan fingerprint density at radius 3 is 2.50 bits per heavy atom. The summed E-state index contributed by atoms with van der Waals surface area (Å²) in [5, 5.41) is 0. The lowest BCUT2D eigenvalue weighted by atomic mass is 10.3. The maximum Gasteiger partial charge on any atom is 0.115 e. The predicted molar refractivity (Wildman–Crippen MR) is 87.4 cm³/mol. The summed E-state index contributed by atoms with van der Waals surface area (Å²) in [6, 6.07) is 1.94. The Hall–Kier alpha value is -1.02. The third kappa shape index (κ3) is 2.78. The standard InChI is InChI=1S/C15H25N3O3S/c1-3-10-22(19,20-8-9-21-22)15-11-14(12-16-13-15)18-6-4-17(2)5-7-18/h11-13H,3-10H2,1-2H3. The van der Waals surface area contributed by atoms with Crippen LogP contribution in [-0.2, 0) is 18.0 Å². The molecule has 0 saturated carbocycles. The van der Waals surface area contributed by atoms with E-state index in [9.17, 15) is 4.21 Å². The van der Waals surface area contributed by atoms with E-state index >= 15 is 0 Å². The van der Waals surface area contributed by atoms with Crippen LogP contribution in [0.25, 0.3) is 0 Å². The number of pyridine rings is 1. The molecule has 124 valence electrons. The number of likely N-dealkylation sites (N-methyl/N-ethyl adjacent to an activating group) is 1. The zero-order valence-corrected chi connectivity index (χ0v) is 14.2. The number of hydrogen-bond acceptors (Lipinski definition) is 6. The number of anilines is 1. The molecule has 2 saturated heterocycles. The molecule has 1 aromatic heterocycles. The third-order valence-corrected chi connectivity index (χ3v) is 7.84. The second-order valence-corrected chi connectivity index (χ2v) is 9.22. The van der Waals surface area contributed by atoms with Gasteiger partial charge in [0.25, 0.3) is 0 Å². The average Bonchev–Trinajstić information content (AvgIpc) is 2.93. The van der Waals surface area contributed by atoms with Crippen molar-refractivity contribution in [1.82, 2.24) is 9.88 Å². The molecule has 2 aliphatic heterocycles. The molecule has 7 heteroatoms. The van der Waals surface area contributed by atoms with E-state index in [1.165, 1.54) is 0 Å². The Labute approximate surface area is 132 Å². The molecule has 0 bridgehead atoms. The second-order valence-electron chi connectivity index (χ2n) is 5.97. The zero-order chi connectivity index (χ0) is 15.7. The van der Waals surface area contributed by atoms with Gasteiger partial charge < -0.3 is 9.80 Å². The van der Waals surface area contributed by atoms with Gasteiger partial charge in [-0.25, -0.2) is 4.21 Å². The highest BCUT2D eigenvalue weighted by atomic mass is 32.3. The molecule has 3 heterocycles. The van der Waals surface area contributed by atoms with E-state index < -0.39 is 9.63 Å². The lowest BCUT2D eigenvalue weighted by Gasteiger charge is -2.37. The monoisotopic (exact) mass is 327 g/mol. The summed E-state index contributed by atoms with van der Waals surface area (Å²) in [7, 11) is -1.54. The van der Waals surface area contributed by atoms with Crippen LogP contribution < -0.4 is 4.90 Å². The summed E-state index contributed by atoms with van der Waals surface area (Å²) in [5.41, 5.74) is 0.995. The van der Waals surface area contributed by atoms with Crippen LogP contribution in [0.1, 0.15) is 13.3 Å². The molecule has 3 rings (SSSR count). The minimum atomic E-state index is -3.67. The SMILES string of the molecule is CCCS1(=O)(c2cncc(N3CCN(C)CC3)c2)OCCO1. The maximum absolute atomic E-state index is 13.6. The van der Waals surface area contributed by atoms with Gasteiger partial charge in [0.05, 0.1) is 35.7 Å². The van der Waals surface area contributed by atoms with Crippen molar-refractivity contribution < 1.29 is 12.6 Å². The first-order valence-electron chi connectivity index (χ1n) is 7.88. The van der Waals surface area contributed by atoms with E-state index in [1.54, 1.807) is 6.20 Å². The predicted octanol–water partition coefficient (Wildman–Crippen LogP) is 1.30. The highest BCUT2D eigenvalue weighted by molar-refractivity contribution is 8.12. The first kappa shape index (κ1) is 15.9. The molecule has 0 aromatic carbocycles. The summed E-state index contributed by atoms with van der Waals surface area (Å²) in [5.74, 6) is 0.394. The van der Waals surface area contributed by atoms with Gasteiger partial charge in [-0.3, -0.25) is 13.4 Å².